The standard InChI is InChI=1S/C16H16N2O/c17-11-3-9-16(10-4-12-18)14-6-2-1-5-13(14)7-8-15(16)19/h1-2,5-6H,3-4,7-10H2. The minimum Gasteiger partial charge on any atom is -0.299 e. The number of nitriles is 2. The van der Waals surface area contributed by atoms with Crippen molar-refractivity contribution < 1.29 is 4.79 Å². The van der Waals surface area contributed by atoms with Crippen LogP contribution in [0.15, 0.2) is 24.3 Å². The van der Waals surface area contributed by atoms with E-state index < -0.39 is 5.41 Å². The third-order valence-corrected chi connectivity index (χ3v) is 4.02. The SMILES string of the molecule is N#CCCC1(CCC#N)C(=O)CCc2ccccc21. The first-order valence-corrected chi connectivity index (χ1v) is 6.60. The van der Waals surface area contributed by atoms with Crippen molar-refractivity contribution in [2.75, 3.05) is 0 Å². The predicted molar refractivity (Wildman–Crippen MR) is 71.1 cm³/mol. The van der Waals surface area contributed by atoms with Crippen molar-refractivity contribution in [2.24, 2.45) is 0 Å². The van der Waals surface area contributed by atoms with Gasteiger partial charge in [-0.3, -0.25) is 4.79 Å². The number of ketones is 1. The van der Waals surface area contributed by atoms with Crippen molar-refractivity contribution in [3.8, 4) is 12.1 Å². The van der Waals surface area contributed by atoms with E-state index in [0.717, 1.165) is 12.0 Å². The molecule has 0 N–H and O–H groups in total. The summed E-state index contributed by atoms with van der Waals surface area (Å²) in [4.78, 5) is 12.5. The maximum Gasteiger partial charge on any atom is 0.143 e. The fourth-order valence-electron chi connectivity index (χ4n) is 3.05. The van der Waals surface area contributed by atoms with E-state index >= 15 is 0 Å². The maximum absolute atomic E-state index is 12.5. The summed E-state index contributed by atoms with van der Waals surface area (Å²) in [5.41, 5.74) is 1.62. The number of benzene rings is 1. The Balaban J connectivity index is 2.47. The van der Waals surface area contributed by atoms with Crippen molar-refractivity contribution in [3.05, 3.63) is 35.4 Å². The molecule has 96 valence electrons. The van der Waals surface area contributed by atoms with Gasteiger partial charge in [-0.25, -0.2) is 0 Å². The zero-order valence-electron chi connectivity index (χ0n) is 10.9. The summed E-state index contributed by atoms with van der Waals surface area (Å²) in [6.07, 6.45) is 3.06. The van der Waals surface area contributed by atoms with Gasteiger partial charge in [0.15, 0.2) is 0 Å². The van der Waals surface area contributed by atoms with Gasteiger partial charge in [0.2, 0.25) is 0 Å². The van der Waals surface area contributed by atoms with Crippen molar-refractivity contribution in [3.63, 3.8) is 0 Å². The third-order valence-electron chi connectivity index (χ3n) is 4.02. The first kappa shape index (κ1) is 13.3. The highest BCUT2D eigenvalue weighted by molar-refractivity contribution is 5.92. The summed E-state index contributed by atoms with van der Waals surface area (Å²) >= 11 is 0. The Morgan fingerprint density at radius 3 is 2.32 bits per heavy atom. The molecule has 0 aromatic heterocycles. The Morgan fingerprint density at radius 2 is 1.68 bits per heavy atom. The molecule has 0 unspecified atom stereocenters. The smallest absolute Gasteiger partial charge is 0.143 e. The summed E-state index contributed by atoms with van der Waals surface area (Å²) in [5, 5.41) is 17.7. The van der Waals surface area contributed by atoms with Gasteiger partial charge in [-0.2, -0.15) is 10.5 Å². The molecule has 3 nitrogen and oxygen atoms in total. The van der Waals surface area contributed by atoms with Crippen molar-refractivity contribution in [2.45, 2.75) is 43.9 Å². The highest BCUT2D eigenvalue weighted by Gasteiger charge is 2.42. The second-order valence-corrected chi connectivity index (χ2v) is 4.98. The zero-order chi connectivity index (χ0) is 13.7. The Hall–Kier alpha value is -2.13. The van der Waals surface area contributed by atoms with Gasteiger partial charge in [0.25, 0.3) is 0 Å². The molecule has 0 spiro atoms. The molecule has 2 rings (SSSR count). The minimum atomic E-state index is -0.611. The van der Waals surface area contributed by atoms with Gasteiger partial charge in [-0.1, -0.05) is 24.3 Å². The molecule has 0 fully saturated rings. The number of hydrogen-bond donors (Lipinski definition) is 0. The molecule has 0 heterocycles. The highest BCUT2D eigenvalue weighted by atomic mass is 16.1. The van der Waals surface area contributed by atoms with E-state index in [9.17, 15) is 4.79 Å². The normalized spacial score (nSPS) is 16.2. The minimum absolute atomic E-state index is 0.191. The lowest BCUT2D eigenvalue weighted by Crippen LogP contribution is -2.40. The van der Waals surface area contributed by atoms with Crippen LogP contribution in [0.2, 0.25) is 0 Å². The number of aryl methyl sites for hydroxylation is 1. The molecule has 1 aliphatic carbocycles. The summed E-state index contributed by atoms with van der Waals surface area (Å²) < 4.78 is 0. The van der Waals surface area contributed by atoms with Gasteiger partial charge in [0.1, 0.15) is 5.78 Å². The Morgan fingerprint density at radius 1 is 1.05 bits per heavy atom. The number of rotatable bonds is 4. The second-order valence-electron chi connectivity index (χ2n) is 4.98. The van der Waals surface area contributed by atoms with Gasteiger partial charge in [-0.05, 0) is 30.4 Å². The summed E-state index contributed by atoms with van der Waals surface area (Å²) in [6.45, 7) is 0. The zero-order valence-corrected chi connectivity index (χ0v) is 10.9. The van der Waals surface area contributed by atoms with Crippen molar-refractivity contribution in [1.29, 1.82) is 10.5 Å². The molecule has 0 radical (unpaired) electrons. The molecular formula is C16H16N2O. The molecular weight excluding hydrogens is 236 g/mol. The summed E-state index contributed by atoms with van der Waals surface area (Å²) in [6, 6.07) is 12.2. The molecule has 0 saturated heterocycles. The first-order valence-electron chi connectivity index (χ1n) is 6.60. The molecule has 0 aliphatic heterocycles. The monoisotopic (exact) mass is 252 g/mol. The fourth-order valence-corrected chi connectivity index (χ4v) is 3.05. The molecule has 19 heavy (non-hydrogen) atoms. The number of fused-ring (bicyclic) bond motifs is 1. The number of carbonyl (C=O) groups excluding carboxylic acids is 1. The van der Waals surface area contributed by atoms with Crippen LogP contribution in [-0.4, -0.2) is 5.78 Å². The molecule has 1 aromatic carbocycles. The van der Waals surface area contributed by atoms with Crippen LogP contribution in [0.3, 0.4) is 0 Å². The van der Waals surface area contributed by atoms with Gasteiger partial charge < -0.3 is 0 Å². The largest absolute Gasteiger partial charge is 0.299 e. The number of hydrogen-bond acceptors (Lipinski definition) is 3. The van der Waals surface area contributed by atoms with Crippen LogP contribution >= 0.6 is 0 Å². The lowest BCUT2D eigenvalue weighted by molar-refractivity contribution is -0.125. The average Bonchev–Trinajstić information content (AvgIpc) is 2.45. The molecule has 0 bridgehead atoms. The fraction of sp³-hybridized carbons (Fsp3) is 0.438. The van der Waals surface area contributed by atoms with Crippen LogP contribution in [0, 0.1) is 22.7 Å². The first-order chi connectivity index (χ1) is 9.24. The Labute approximate surface area is 113 Å². The van der Waals surface area contributed by atoms with Gasteiger partial charge >= 0.3 is 0 Å². The number of nitrogens with zero attached hydrogens (tertiary/aromatic N) is 2. The lowest BCUT2D eigenvalue weighted by Gasteiger charge is -2.37. The third kappa shape index (κ3) is 2.37. The van der Waals surface area contributed by atoms with Gasteiger partial charge in [-0.15, -0.1) is 0 Å². The van der Waals surface area contributed by atoms with Crippen molar-refractivity contribution in [1.82, 2.24) is 0 Å². The number of Topliss-reactive ketones (excluding diaryl/α,β-unsaturated/α-hetero) is 1. The molecule has 0 amide bonds. The van der Waals surface area contributed by atoms with E-state index in [2.05, 4.69) is 18.2 Å². The van der Waals surface area contributed by atoms with Crippen LogP contribution in [0.4, 0.5) is 0 Å². The highest BCUT2D eigenvalue weighted by Crippen LogP contribution is 2.41. The summed E-state index contributed by atoms with van der Waals surface area (Å²) in [5.74, 6) is 0.191. The molecule has 0 atom stereocenters. The summed E-state index contributed by atoms with van der Waals surface area (Å²) in [7, 11) is 0. The van der Waals surface area contributed by atoms with Gasteiger partial charge in [0, 0.05) is 19.3 Å². The predicted octanol–water partition coefficient (Wildman–Crippen LogP) is 3.05. The Bertz CT molecular complexity index is 545. The van der Waals surface area contributed by atoms with Crippen LogP contribution in [0.1, 0.15) is 43.2 Å². The maximum atomic E-state index is 12.5. The lowest BCUT2D eigenvalue weighted by atomic mass is 9.64. The average molecular weight is 252 g/mol. The van der Waals surface area contributed by atoms with E-state index in [-0.39, 0.29) is 5.78 Å². The second kappa shape index (κ2) is 5.67. The van der Waals surface area contributed by atoms with E-state index in [1.807, 2.05) is 18.2 Å². The van der Waals surface area contributed by atoms with Crippen LogP contribution < -0.4 is 0 Å². The van der Waals surface area contributed by atoms with Crippen LogP contribution in [0.5, 0.6) is 0 Å². The van der Waals surface area contributed by atoms with E-state index in [1.54, 1.807) is 0 Å². The molecule has 1 aromatic rings. The van der Waals surface area contributed by atoms with E-state index in [0.29, 0.717) is 32.1 Å². The number of carbonyl (C=O) groups is 1. The van der Waals surface area contributed by atoms with Crippen LogP contribution in [-0.2, 0) is 16.6 Å². The van der Waals surface area contributed by atoms with E-state index in [4.69, 9.17) is 10.5 Å². The Kier molecular flexibility index (Phi) is 3.97. The topological polar surface area (TPSA) is 64.7 Å². The van der Waals surface area contributed by atoms with Gasteiger partial charge in [0.05, 0.1) is 17.6 Å². The van der Waals surface area contributed by atoms with Crippen molar-refractivity contribution >= 4 is 5.78 Å². The van der Waals surface area contributed by atoms with Crippen LogP contribution in [0.25, 0.3) is 0 Å². The quantitative estimate of drug-likeness (QED) is 0.827. The van der Waals surface area contributed by atoms with E-state index in [1.165, 1.54) is 5.56 Å². The molecule has 3 heteroatoms. The molecule has 0 saturated carbocycles. The molecule has 1 aliphatic rings.